The molecule has 0 spiro atoms. The van der Waals surface area contributed by atoms with Crippen molar-refractivity contribution in [1.82, 2.24) is 10.6 Å². The van der Waals surface area contributed by atoms with Gasteiger partial charge in [-0.05, 0) is 23.6 Å². The van der Waals surface area contributed by atoms with Crippen molar-refractivity contribution in [3.8, 4) is 0 Å². The normalized spacial score (nSPS) is 11.5. The van der Waals surface area contributed by atoms with E-state index in [-0.39, 0.29) is 24.8 Å². The lowest BCUT2D eigenvalue weighted by Crippen LogP contribution is -2.39. The highest BCUT2D eigenvalue weighted by Gasteiger charge is 2.12. The number of rotatable bonds is 7. The Balaban J connectivity index is 2.34. The van der Waals surface area contributed by atoms with E-state index in [1.165, 1.54) is 0 Å². The first-order chi connectivity index (χ1) is 9.88. The third-order valence-corrected chi connectivity index (χ3v) is 3.34. The molecule has 0 saturated carbocycles. The highest BCUT2D eigenvalue weighted by molar-refractivity contribution is 9.10. The van der Waals surface area contributed by atoms with Gasteiger partial charge in [0, 0.05) is 10.9 Å². The zero-order chi connectivity index (χ0) is 15.8. The molecule has 6 nitrogen and oxygen atoms in total. The zero-order valence-corrected chi connectivity index (χ0v) is 13.1. The van der Waals surface area contributed by atoms with Crippen LogP contribution < -0.4 is 10.6 Å². The molecular formula is C14H17BrN2O4. The van der Waals surface area contributed by atoms with Gasteiger partial charge in [0.15, 0.2) is 0 Å². The minimum Gasteiger partial charge on any atom is -0.480 e. The summed E-state index contributed by atoms with van der Waals surface area (Å²) in [4.78, 5) is 33.2. The second kappa shape index (κ2) is 8.41. The van der Waals surface area contributed by atoms with Crippen LogP contribution in [0.2, 0.25) is 0 Å². The summed E-state index contributed by atoms with van der Waals surface area (Å²) in [5.41, 5.74) is 1.03. The molecular weight excluding hydrogens is 340 g/mol. The van der Waals surface area contributed by atoms with Gasteiger partial charge in [-0.2, -0.15) is 0 Å². The van der Waals surface area contributed by atoms with Crippen LogP contribution in [-0.2, 0) is 14.4 Å². The molecule has 114 valence electrons. The Kier molecular flexibility index (Phi) is 6.87. The molecule has 1 rings (SSSR count). The maximum atomic E-state index is 11.7. The Morgan fingerprint density at radius 1 is 1.10 bits per heavy atom. The predicted octanol–water partition coefficient (Wildman–Crippen LogP) is 1.26. The van der Waals surface area contributed by atoms with Gasteiger partial charge in [-0.25, -0.2) is 0 Å². The number of amides is 2. The molecule has 1 aromatic carbocycles. The number of hydrogen-bond acceptors (Lipinski definition) is 3. The fraction of sp³-hybridized carbons (Fsp3) is 0.357. The highest BCUT2D eigenvalue weighted by Crippen LogP contribution is 2.20. The zero-order valence-electron chi connectivity index (χ0n) is 11.6. The van der Waals surface area contributed by atoms with Crippen molar-refractivity contribution in [2.24, 2.45) is 0 Å². The summed E-state index contributed by atoms with van der Waals surface area (Å²) in [6.45, 7) is 1.25. The standard InChI is InChI=1S/C14H17BrN2O4/c1-9(10-2-4-11(15)5-3-10)6-12(18)16-7-13(19)17-8-14(20)21/h2-5,9H,6-8H2,1H3,(H,16,18)(H,17,19)(H,20,21). The van der Waals surface area contributed by atoms with Gasteiger partial charge in [-0.3, -0.25) is 14.4 Å². The Morgan fingerprint density at radius 3 is 2.24 bits per heavy atom. The van der Waals surface area contributed by atoms with Gasteiger partial charge in [0.05, 0.1) is 6.54 Å². The number of carbonyl (C=O) groups excluding carboxylic acids is 2. The minimum absolute atomic E-state index is 0.0279. The second-order valence-electron chi connectivity index (χ2n) is 4.60. The van der Waals surface area contributed by atoms with Crippen LogP contribution in [0.4, 0.5) is 0 Å². The van der Waals surface area contributed by atoms with E-state index in [1.54, 1.807) is 0 Å². The number of halogens is 1. The van der Waals surface area contributed by atoms with Gasteiger partial charge in [0.2, 0.25) is 11.8 Å². The largest absolute Gasteiger partial charge is 0.480 e. The topological polar surface area (TPSA) is 95.5 Å². The van der Waals surface area contributed by atoms with E-state index in [0.29, 0.717) is 0 Å². The van der Waals surface area contributed by atoms with Crippen molar-refractivity contribution >= 4 is 33.7 Å². The van der Waals surface area contributed by atoms with Crippen molar-refractivity contribution in [2.75, 3.05) is 13.1 Å². The molecule has 7 heteroatoms. The molecule has 0 aromatic heterocycles. The van der Waals surface area contributed by atoms with Crippen LogP contribution in [0.1, 0.15) is 24.8 Å². The first-order valence-corrected chi connectivity index (χ1v) is 7.18. The highest BCUT2D eigenvalue weighted by atomic mass is 79.9. The molecule has 21 heavy (non-hydrogen) atoms. The van der Waals surface area contributed by atoms with E-state index in [1.807, 2.05) is 31.2 Å². The number of carboxylic acids is 1. The van der Waals surface area contributed by atoms with E-state index in [0.717, 1.165) is 10.0 Å². The molecule has 0 aliphatic heterocycles. The summed E-state index contributed by atoms with van der Waals surface area (Å²) in [5.74, 6) is -1.88. The van der Waals surface area contributed by atoms with E-state index < -0.39 is 18.4 Å². The van der Waals surface area contributed by atoms with Gasteiger partial charge in [0.1, 0.15) is 6.54 Å². The van der Waals surface area contributed by atoms with Crippen LogP contribution in [0.25, 0.3) is 0 Å². The van der Waals surface area contributed by atoms with Gasteiger partial charge < -0.3 is 15.7 Å². The maximum Gasteiger partial charge on any atom is 0.322 e. The fourth-order valence-corrected chi connectivity index (χ4v) is 1.94. The Labute approximate surface area is 131 Å². The lowest BCUT2D eigenvalue weighted by molar-refractivity contribution is -0.137. The second-order valence-corrected chi connectivity index (χ2v) is 5.52. The van der Waals surface area contributed by atoms with Crippen molar-refractivity contribution in [1.29, 1.82) is 0 Å². The number of nitrogens with one attached hydrogen (secondary N) is 2. The number of carboxylic acid groups (broad SMARTS) is 1. The monoisotopic (exact) mass is 356 g/mol. The molecule has 1 unspecified atom stereocenters. The fourth-order valence-electron chi connectivity index (χ4n) is 1.67. The summed E-state index contributed by atoms with van der Waals surface area (Å²) < 4.78 is 0.970. The van der Waals surface area contributed by atoms with Gasteiger partial charge in [-0.1, -0.05) is 35.0 Å². The molecule has 0 heterocycles. The molecule has 3 N–H and O–H groups in total. The first kappa shape index (κ1) is 17.2. The average molecular weight is 357 g/mol. The molecule has 0 saturated heterocycles. The molecule has 0 fully saturated rings. The molecule has 1 aromatic rings. The number of hydrogen-bond donors (Lipinski definition) is 3. The summed E-state index contributed by atoms with van der Waals surface area (Å²) in [6, 6.07) is 7.68. The van der Waals surface area contributed by atoms with Crippen molar-refractivity contribution < 1.29 is 19.5 Å². The molecule has 0 radical (unpaired) electrons. The molecule has 1 atom stereocenters. The SMILES string of the molecule is CC(CC(=O)NCC(=O)NCC(=O)O)c1ccc(Br)cc1. The smallest absolute Gasteiger partial charge is 0.322 e. The van der Waals surface area contributed by atoms with Crippen LogP contribution in [0.15, 0.2) is 28.7 Å². The molecule has 0 bridgehead atoms. The number of benzene rings is 1. The van der Waals surface area contributed by atoms with E-state index >= 15 is 0 Å². The maximum absolute atomic E-state index is 11.7. The summed E-state index contributed by atoms with van der Waals surface area (Å²) in [6.07, 6.45) is 0.258. The summed E-state index contributed by atoms with van der Waals surface area (Å²) in [5, 5.41) is 13.0. The predicted molar refractivity (Wildman–Crippen MR) is 80.8 cm³/mol. The first-order valence-electron chi connectivity index (χ1n) is 6.39. The van der Waals surface area contributed by atoms with Gasteiger partial charge in [0.25, 0.3) is 0 Å². The van der Waals surface area contributed by atoms with E-state index in [4.69, 9.17) is 5.11 Å². The van der Waals surface area contributed by atoms with Gasteiger partial charge >= 0.3 is 5.97 Å². The van der Waals surface area contributed by atoms with Gasteiger partial charge in [-0.15, -0.1) is 0 Å². The lowest BCUT2D eigenvalue weighted by Gasteiger charge is -2.12. The van der Waals surface area contributed by atoms with Crippen LogP contribution in [-0.4, -0.2) is 36.0 Å². The third-order valence-electron chi connectivity index (χ3n) is 2.81. The molecule has 0 aliphatic carbocycles. The lowest BCUT2D eigenvalue weighted by atomic mass is 9.98. The molecule has 2 amide bonds. The Morgan fingerprint density at radius 2 is 1.67 bits per heavy atom. The van der Waals surface area contributed by atoms with E-state index in [2.05, 4.69) is 26.6 Å². The van der Waals surface area contributed by atoms with Crippen molar-refractivity contribution in [3.05, 3.63) is 34.3 Å². The van der Waals surface area contributed by atoms with Crippen LogP contribution in [0.3, 0.4) is 0 Å². The summed E-state index contributed by atoms with van der Waals surface area (Å²) in [7, 11) is 0. The van der Waals surface area contributed by atoms with E-state index in [9.17, 15) is 14.4 Å². The minimum atomic E-state index is -1.13. The molecule has 0 aliphatic rings. The Hall–Kier alpha value is -1.89. The number of aliphatic carboxylic acids is 1. The van der Waals surface area contributed by atoms with Crippen LogP contribution in [0.5, 0.6) is 0 Å². The van der Waals surface area contributed by atoms with Crippen molar-refractivity contribution in [3.63, 3.8) is 0 Å². The number of carbonyl (C=O) groups is 3. The van der Waals surface area contributed by atoms with Crippen molar-refractivity contribution in [2.45, 2.75) is 19.3 Å². The third kappa shape index (κ3) is 6.89. The average Bonchev–Trinajstić information content (AvgIpc) is 2.43. The quantitative estimate of drug-likeness (QED) is 0.685. The van der Waals surface area contributed by atoms with Crippen LogP contribution in [0, 0.1) is 0 Å². The Bertz CT molecular complexity index is 516. The summed E-state index contributed by atoms with van der Waals surface area (Å²) >= 11 is 3.35. The van der Waals surface area contributed by atoms with Crippen LogP contribution >= 0.6 is 15.9 Å².